The summed E-state index contributed by atoms with van der Waals surface area (Å²) in [5.41, 5.74) is 2.04. The second kappa shape index (κ2) is 5.27. The van der Waals surface area contributed by atoms with Crippen LogP contribution in [0.15, 0.2) is 24.8 Å². The SMILES string of the molecule is CN(Cc1cnc2cnccn12)CC1CCCC1O. The number of aliphatic hydroxyl groups excluding tert-OH is 1. The number of hydrogen-bond donors (Lipinski definition) is 1. The highest BCUT2D eigenvalue weighted by Gasteiger charge is 2.26. The molecule has 3 rings (SSSR count). The first-order valence-corrected chi connectivity index (χ1v) is 6.86. The normalized spacial score (nSPS) is 23.5. The van der Waals surface area contributed by atoms with Crippen molar-refractivity contribution in [2.24, 2.45) is 5.92 Å². The van der Waals surface area contributed by atoms with Gasteiger partial charge in [0.2, 0.25) is 0 Å². The van der Waals surface area contributed by atoms with E-state index in [4.69, 9.17) is 0 Å². The van der Waals surface area contributed by atoms with Gasteiger partial charge in [-0.2, -0.15) is 0 Å². The number of rotatable bonds is 4. The van der Waals surface area contributed by atoms with Crippen LogP contribution in [0.2, 0.25) is 0 Å². The molecular formula is C14H20N4O. The van der Waals surface area contributed by atoms with Crippen LogP contribution in [-0.2, 0) is 6.54 Å². The number of aliphatic hydroxyl groups is 1. The Bertz CT molecular complexity index is 553. The van der Waals surface area contributed by atoms with Gasteiger partial charge in [0.15, 0.2) is 5.65 Å². The van der Waals surface area contributed by atoms with Crippen LogP contribution < -0.4 is 0 Å². The zero-order valence-electron chi connectivity index (χ0n) is 11.2. The fourth-order valence-corrected chi connectivity index (χ4v) is 2.98. The number of aromatic nitrogens is 3. The van der Waals surface area contributed by atoms with Crippen molar-refractivity contribution >= 4 is 5.65 Å². The molecule has 1 fully saturated rings. The lowest BCUT2D eigenvalue weighted by atomic mass is 10.1. The largest absolute Gasteiger partial charge is 0.393 e. The van der Waals surface area contributed by atoms with E-state index in [1.807, 2.05) is 12.4 Å². The minimum Gasteiger partial charge on any atom is -0.393 e. The average molecular weight is 260 g/mol. The molecule has 102 valence electrons. The molecule has 2 aromatic heterocycles. The topological polar surface area (TPSA) is 53.7 Å². The molecule has 0 spiro atoms. The minimum absolute atomic E-state index is 0.117. The van der Waals surface area contributed by atoms with Crippen molar-refractivity contribution in [3.05, 3.63) is 30.5 Å². The predicted octanol–water partition coefficient (Wildman–Crippen LogP) is 1.32. The summed E-state index contributed by atoms with van der Waals surface area (Å²) in [6, 6.07) is 0. The molecule has 0 aromatic carbocycles. The van der Waals surface area contributed by atoms with Crippen molar-refractivity contribution in [3.63, 3.8) is 0 Å². The van der Waals surface area contributed by atoms with Gasteiger partial charge in [-0.25, -0.2) is 4.98 Å². The van der Waals surface area contributed by atoms with Gasteiger partial charge in [0, 0.05) is 25.5 Å². The lowest BCUT2D eigenvalue weighted by Crippen LogP contribution is -2.29. The van der Waals surface area contributed by atoms with E-state index in [0.29, 0.717) is 5.92 Å². The fourth-order valence-electron chi connectivity index (χ4n) is 2.98. The van der Waals surface area contributed by atoms with Crippen LogP contribution in [0, 0.1) is 5.92 Å². The average Bonchev–Trinajstić information content (AvgIpc) is 2.98. The quantitative estimate of drug-likeness (QED) is 0.901. The van der Waals surface area contributed by atoms with Crippen molar-refractivity contribution in [3.8, 4) is 0 Å². The predicted molar refractivity (Wildman–Crippen MR) is 72.7 cm³/mol. The molecule has 0 radical (unpaired) electrons. The maximum Gasteiger partial charge on any atom is 0.155 e. The van der Waals surface area contributed by atoms with Gasteiger partial charge in [0.05, 0.1) is 24.2 Å². The van der Waals surface area contributed by atoms with Crippen LogP contribution in [0.1, 0.15) is 25.0 Å². The second-order valence-corrected chi connectivity index (χ2v) is 5.51. The molecule has 2 heterocycles. The van der Waals surface area contributed by atoms with E-state index < -0.39 is 0 Å². The molecule has 0 amide bonds. The van der Waals surface area contributed by atoms with Crippen LogP contribution in [-0.4, -0.2) is 44.1 Å². The first-order chi connectivity index (χ1) is 9.24. The molecule has 0 bridgehead atoms. The van der Waals surface area contributed by atoms with E-state index in [9.17, 15) is 5.11 Å². The van der Waals surface area contributed by atoms with Crippen LogP contribution in [0.3, 0.4) is 0 Å². The van der Waals surface area contributed by atoms with Gasteiger partial charge in [-0.05, 0) is 25.8 Å². The van der Waals surface area contributed by atoms with E-state index in [-0.39, 0.29) is 6.10 Å². The zero-order valence-corrected chi connectivity index (χ0v) is 11.2. The number of hydrogen-bond acceptors (Lipinski definition) is 4. The van der Waals surface area contributed by atoms with E-state index in [1.165, 1.54) is 0 Å². The maximum absolute atomic E-state index is 9.88. The summed E-state index contributed by atoms with van der Waals surface area (Å²) in [4.78, 5) is 10.7. The van der Waals surface area contributed by atoms with Crippen molar-refractivity contribution < 1.29 is 5.11 Å². The summed E-state index contributed by atoms with van der Waals surface area (Å²) in [5, 5.41) is 9.88. The van der Waals surface area contributed by atoms with Gasteiger partial charge in [-0.1, -0.05) is 6.42 Å². The Morgan fingerprint density at radius 2 is 2.32 bits per heavy atom. The zero-order chi connectivity index (χ0) is 13.2. The molecule has 5 nitrogen and oxygen atoms in total. The molecular weight excluding hydrogens is 240 g/mol. The molecule has 2 aromatic rings. The third-order valence-corrected chi connectivity index (χ3v) is 3.99. The summed E-state index contributed by atoms with van der Waals surface area (Å²) in [6.07, 6.45) is 10.5. The Kier molecular flexibility index (Phi) is 3.48. The standard InChI is InChI=1S/C14H20N4O/c1-17(9-11-3-2-4-13(11)19)10-12-7-16-14-8-15-5-6-18(12)14/h5-8,11,13,19H,2-4,9-10H2,1H3. The van der Waals surface area contributed by atoms with Crippen molar-refractivity contribution in [2.45, 2.75) is 31.9 Å². The summed E-state index contributed by atoms with van der Waals surface area (Å²) in [6.45, 7) is 1.79. The summed E-state index contributed by atoms with van der Waals surface area (Å²) < 4.78 is 2.06. The fraction of sp³-hybridized carbons (Fsp3) is 0.571. The molecule has 1 aliphatic carbocycles. The highest BCUT2D eigenvalue weighted by Crippen LogP contribution is 2.26. The number of imidazole rings is 1. The Hall–Kier alpha value is -1.46. The third-order valence-electron chi connectivity index (χ3n) is 3.99. The smallest absolute Gasteiger partial charge is 0.155 e. The highest BCUT2D eigenvalue weighted by molar-refractivity contribution is 5.36. The van der Waals surface area contributed by atoms with Gasteiger partial charge >= 0.3 is 0 Å². The van der Waals surface area contributed by atoms with Gasteiger partial charge < -0.3 is 10.0 Å². The maximum atomic E-state index is 9.88. The Morgan fingerprint density at radius 1 is 1.42 bits per heavy atom. The van der Waals surface area contributed by atoms with Crippen LogP contribution >= 0.6 is 0 Å². The third kappa shape index (κ3) is 2.62. The van der Waals surface area contributed by atoms with Gasteiger partial charge in [0.1, 0.15) is 0 Å². The Labute approximate surface area is 112 Å². The molecule has 1 aliphatic rings. The molecule has 0 aliphatic heterocycles. The van der Waals surface area contributed by atoms with E-state index in [0.717, 1.165) is 43.7 Å². The van der Waals surface area contributed by atoms with Crippen molar-refractivity contribution in [1.82, 2.24) is 19.3 Å². The highest BCUT2D eigenvalue weighted by atomic mass is 16.3. The molecule has 5 heteroatoms. The van der Waals surface area contributed by atoms with Crippen molar-refractivity contribution in [1.29, 1.82) is 0 Å². The van der Waals surface area contributed by atoms with Crippen LogP contribution in [0.25, 0.3) is 5.65 Å². The van der Waals surface area contributed by atoms with E-state index in [2.05, 4.69) is 26.3 Å². The molecule has 1 N–H and O–H groups in total. The molecule has 2 atom stereocenters. The first-order valence-electron chi connectivity index (χ1n) is 6.86. The Balaban J connectivity index is 1.67. The molecule has 2 unspecified atom stereocenters. The first kappa shape index (κ1) is 12.6. The molecule has 1 saturated carbocycles. The van der Waals surface area contributed by atoms with E-state index >= 15 is 0 Å². The lowest BCUT2D eigenvalue weighted by molar-refractivity contribution is 0.107. The number of nitrogens with zero attached hydrogens (tertiary/aromatic N) is 4. The van der Waals surface area contributed by atoms with Crippen LogP contribution in [0.4, 0.5) is 0 Å². The summed E-state index contributed by atoms with van der Waals surface area (Å²) in [7, 11) is 2.10. The van der Waals surface area contributed by atoms with Crippen molar-refractivity contribution in [2.75, 3.05) is 13.6 Å². The van der Waals surface area contributed by atoms with Gasteiger partial charge in [-0.3, -0.25) is 9.38 Å². The van der Waals surface area contributed by atoms with Gasteiger partial charge in [-0.15, -0.1) is 0 Å². The molecule has 0 saturated heterocycles. The second-order valence-electron chi connectivity index (χ2n) is 5.51. The summed E-state index contributed by atoms with van der Waals surface area (Å²) >= 11 is 0. The molecule has 19 heavy (non-hydrogen) atoms. The minimum atomic E-state index is -0.117. The number of fused-ring (bicyclic) bond motifs is 1. The van der Waals surface area contributed by atoms with Crippen LogP contribution in [0.5, 0.6) is 0 Å². The Morgan fingerprint density at radius 3 is 3.11 bits per heavy atom. The monoisotopic (exact) mass is 260 g/mol. The van der Waals surface area contributed by atoms with Gasteiger partial charge in [0.25, 0.3) is 0 Å². The summed E-state index contributed by atoms with van der Waals surface area (Å²) in [5.74, 6) is 0.422. The lowest BCUT2D eigenvalue weighted by Gasteiger charge is -2.22. The van der Waals surface area contributed by atoms with E-state index in [1.54, 1.807) is 12.4 Å².